The third-order valence-electron chi connectivity index (χ3n) is 1.68. The Balaban J connectivity index is 1.94. The monoisotopic (exact) mass is 222 g/mol. The first-order chi connectivity index (χ1) is 7.08. The van der Waals surface area contributed by atoms with E-state index in [1.807, 2.05) is 12.3 Å². The number of ether oxygens (including phenoxy) is 1. The van der Waals surface area contributed by atoms with Crippen LogP contribution >= 0.6 is 0 Å². The van der Waals surface area contributed by atoms with E-state index in [2.05, 4.69) is 15.0 Å². The van der Waals surface area contributed by atoms with Crippen LogP contribution < -0.4 is 5.32 Å². The van der Waals surface area contributed by atoms with Crippen molar-refractivity contribution in [3.05, 3.63) is 24.0 Å². The second-order valence-electron chi connectivity index (χ2n) is 3.06. The van der Waals surface area contributed by atoms with E-state index in [9.17, 15) is 13.2 Å². The zero-order chi connectivity index (χ0) is 11.1. The number of aromatic nitrogens is 1. The maximum atomic E-state index is 11.6. The number of hydrogen-bond acceptors (Lipinski definition) is 2. The van der Waals surface area contributed by atoms with Crippen molar-refractivity contribution >= 4 is 0 Å². The Labute approximate surface area is 85.6 Å². The van der Waals surface area contributed by atoms with Crippen LogP contribution in [0, 0.1) is 0 Å². The standard InChI is InChI=1S/C9H13F3N2O/c10-9(11,12)7-15-4-3-14-6-8-1-2-13-5-8/h1-2,5,13-14H,3-4,6-7H2. The van der Waals surface area contributed by atoms with Crippen LogP contribution in [-0.4, -0.2) is 30.9 Å². The molecule has 0 aliphatic carbocycles. The van der Waals surface area contributed by atoms with E-state index in [4.69, 9.17) is 0 Å². The summed E-state index contributed by atoms with van der Waals surface area (Å²) in [6.07, 6.45) is -0.624. The summed E-state index contributed by atoms with van der Waals surface area (Å²) in [6, 6.07) is 1.89. The number of aromatic amines is 1. The van der Waals surface area contributed by atoms with Crippen LogP contribution in [0.2, 0.25) is 0 Å². The zero-order valence-electron chi connectivity index (χ0n) is 8.10. The van der Waals surface area contributed by atoms with Crippen LogP contribution in [0.3, 0.4) is 0 Å². The second-order valence-corrected chi connectivity index (χ2v) is 3.06. The minimum atomic E-state index is -4.24. The molecular formula is C9H13F3N2O. The minimum Gasteiger partial charge on any atom is -0.371 e. The summed E-state index contributed by atoms with van der Waals surface area (Å²) in [5.41, 5.74) is 1.06. The molecule has 1 aromatic rings. The van der Waals surface area contributed by atoms with Crippen molar-refractivity contribution < 1.29 is 17.9 Å². The van der Waals surface area contributed by atoms with Crippen molar-refractivity contribution in [2.24, 2.45) is 0 Å². The molecule has 1 aromatic heterocycles. The number of H-pyrrole nitrogens is 1. The van der Waals surface area contributed by atoms with Gasteiger partial charge in [0.05, 0.1) is 6.61 Å². The molecule has 2 N–H and O–H groups in total. The Kier molecular flexibility index (Phi) is 4.64. The summed E-state index contributed by atoms with van der Waals surface area (Å²) in [4.78, 5) is 2.88. The van der Waals surface area contributed by atoms with Gasteiger partial charge in [0.2, 0.25) is 0 Å². The van der Waals surface area contributed by atoms with Crippen LogP contribution in [0.15, 0.2) is 18.5 Å². The Bertz CT molecular complexity index is 259. The van der Waals surface area contributed by atoms with E-state index < -0.39 is 12.8 Å². The molecule has 1 heterocycles. The maximum absolute atomic E-state index is 11.6. The summed E-state index contributed by atoms with van der Waals surface area (Å²) >= 11 is 0. The predicted molar refractivity (Wildman–Crippen MR) is 49.4 cm³/mol. The second kappa shape index (κ2) is 5.77. The SMILES string of the molecule is FC(F)(F)COCCNCc1cc[nH]c1. The average molecular weight is 222 g/mol. The smallest absolute Gasteiger partial charge is 0.371 e. The number of halogens is 3. The lowest BCUT2D eigenvalue weighted by atomic mass is 10.3. The van der Waals surface area contributed by atoms with Gasteiger partial charge in [0.15, 0.2) is 0 Å². The van der Waals surface area contributed by atoms with Crippen molar-refractivity contribution in [3.8, 4) is 0 Å². The molecule has 0 radical (unpaired) electrons. The first-order valence-corrected chi connectivity index (χ1v) is 4.55. The maximum Gasteiger partial charge on any atom is 0.411 e. The molecule has 0 atom stereocenters. The van der Waals surface area contributed by atoms with Crippen molar-refractivity contribution in [2.75, 3.05) is 19.8 Å². The molecule has 0 aliphatic heterocycles. The highest BCUT2D eigenvalue weighted by molar-refractivity contribution is 5.07. The van der Waals surface area contributed by atoms with Gasteiger partial charge in [0, 0.05) is 25.5 Å². The van der Waals surface area contributed by atoms with Crippen molar-refractivity contribution in [1.29, 1.82) is 0 Å². The number of hydrogen-bond donors (Lipinski definition) is 2. The molecule has 0 saturated heterocycles. The summed E-state index contributed by atoms with van der Waals surface area (Å²) < 4.78 is 39.3. The highest BCUT2D eigenvalue weighted by Crippen LogP contribution is 2.13. The van der Waals surface area contributed by atoms with Crippen LogP contribution in [0.5, 0.6) is 0 Å². The fourth-order valence-electron chi connectivity index (χ4n) is 1.03. The van der Waals surface area contributed by atoms with E-state index in [-0.39, 0.29) is 6.61 Å². The molecule has 0 bridgehead atoms. The summed E-state index contributed by atoms with van der Waals surface area (Å²) in [5, 5.41) is 2.96. The Morgan fingerprint density at radius 2 is 2.20 bits per heavy atom. The minimum absolute atomic E-state index is 0.0595. The van der Waals surface area contributed by atoms with E-state index in [1.54, 1.807) is 6.20 Å². The van der Waals surface area contributed by atoms with E-state index in [0.29, 0.717) is 13.1 Å². The van der Waals surface area contributed by atoms with Crippen molar-refractivity contribution in [1.82, 2.24) is 10.3 Å². The van der Waals surface area contributed by atoms with Gasteiger partial charge in [0.25, 0.3) is 0 Å². The summed E-state index contributed by atoms with van der Waals surface area (Å²) in [6.45, 7) is -0.0943. The van der Waals surface area contributed by atoms with Gasteiger partial charge >= 0.3 is 6.18 Å². The van der Waals surface area contributed by atoms with Gasteiger partial charge in [-0.25, -0.2) is 0 Å². The molecule has 6 heteroatoms. The van der Waals surface area contributed by atoms with Gasteiger partial charge in [-0.05, 0) is 11.6 Å². The Morgan fingerprint density at radius 3 is 2.80 bits per heavy atom. The molecule has 0 amide bonds. The lowest BCUT2D eigenvalue weighted by molar-refractivity contribution is -0.173. The number of nitrogens with one attached hydrogen (secondary N) is 2. The Hall–Kier alpha value is -1.01. The van der Waals surface area contributed by atoms with Gasteiger partial charge < -0.3 is 15.0 Å². The molecule has 3 nitrogen and oxygen atoms in total. The first-order valence-electron chi connectivity index (χ1n) is 4.55. The molecular weight excluding hydrogens is 209 g/mol. The topological polar surface area (TPSA) is 37.0 Å². The Morgan fingerprint density at radius 1 is 1.40 bits per heavy atom. The fraction of sp³-hybridized carbons (Fsp3) is 0.556. The quantitative estimate of drug-likeness (QED) is 0.718. The molecule has 15 heavy (non-hydrogen) atoms. The van der Waals surface area contributed by atoms with Crippen molar-refractivity contribution in [3.63, 3.8) is 0 Å². The largest absolute Gasteiger partial charge is 0.411 e. The zero-order valence-corrected chi connectivity index (χ0v) is 8.10. The van der Waals surface area contributed by atoms with E-state index in [0.717, 1.165) is 5.56 Å². The first kappa shape index (κ1) is 12.1. The lowest BCUT2D eigenvalue weighted by Crippen LogP contribution is -2.23. The van der Waals surface area contributed by atoms with Crippen molar-refractivity contribution in [2.45, 2.75) is 12.7 Å². The highest BCUT2D eigenvalue weighted by atomic mass is 19.4. The van der Waals surface area contributed by atoms with Gasteiger partial charge in [0.1, 0.15) is 6.61 Å². The summed E-state index contributed by atoms with van der Waals surface area (Å²) in [7, 11) is 0. The third kappa shape index (κ3) is 6.14. The molecule has 0 saturated carbocycles. The number of alkyl halides is 3. The third-order valence-corrected chi connectivity index (χ3v) is 1.68. The number of rotatable bonds is 6. The van der Waals surface area contributed by atoms with Crippen LogP contribution in [-0.2, 0) is 11.3 Å². The molecule has 0 fully saturated rings. The lowest BCUT2D eigenvalue weighted by Gasteiger charge is -2.07. The normalized spacial score (nSPS) is 11.9. The van der Waals surface area contributed by atoms with Gasteiger partial charge in [-0.1, -0.05) is 0 Å². The van der Waals surface area contributed by atoms with Gasteiger partial charge in [-0.2, -0.15) is 13.2 Å². The molecule has 0 spiro atoms. The molecule has 0 aliphatic rings. The fourth-order valence-corrected chi connectivity index (χ4v) is 1.03. The molecule has 86 valence electrons. The van der Waals surface area contributed by atoms with Crippen LogP contribution in [0.1, 0.15) is 5.56 Å². The molecule has 1 rings (SSSR count). The average Bonchev–Trinajstić information content (AvgIpc) is 2.61. The van der Waals surface area contributed by atoms with Gasteiger partial charge in [-0.15, -0.1) is 0 Å². The predicted octanol–water partition coefficient (Wildman–Crippen LogP) is 1.68. The molecule has 0 aromatic carbocycles. The molecule has 0 unspecified atom stereocenters. The van der Waals surface area contributed by atoms with Crippen LogP contribution in [0.4, 0.5) is 13.2 Å². The highest BCUT2D eigenvalue weighted by Gasteiger charge is 2.27. The van der Waals surface area contributed by atoms with Crippen LogP contribution in [0.25, 0.3) is 0 Å². The van der Waals surface area contributed by atoms with E-state index in [1.165, 1.54) is 0 Å². The van der Waals surface area contributed by atoms with Gasteiger partial charge in [-0.3, -0.25) is 0 Å². The van der Waals surface area contributed by atoms with E-state index >= 15 is 0 Å². The summed E-state index contributed by atoms with van der Waals surface area (Å²) in [5.74, 6) is 0.